The number of carbonyl (C=O) groups is 3. The van der Waals surface area contributed by atoms with Gasteiger partial charge in [-0.1, -0.05) is 25.6 Å². The second kappa shape index (κ2) is 9.49. The van der Waals surface area contributed by atoms with Crippen LogP contribution in [0.5, 0.6) is 0 Å². The highest BCUT2D eigenvalue weighted by Gasteiger charge is 2.41. The summed E-state index contributed by atoms with van der Waals surface area (Å²) in [6, 6.07) is 5.36. The number of anilines is 1. The molecule has 0 atom stereocenters. The van der Waals surface area contributed by atoms with Crippen molar-refractivity contribution >= 4 is 31.4 Å². The normalized spacial score (nSPS) is 14.1. The van der Waals surface area contributed by atoms with E-state index in [0.29, 0.717) is 11.3 Å². The number of rotatable bonds is 5. The maximum absolute atomic E-state index is 13.6. The number of nitrogens with one attached hydrogen (secondary N) is 2. The van der Waals surface area contributed by atoms with E-state index in [0.717, 1.165) is 6.07 Å². The Morgan fingerprint density at radius 3 is 2.40 bits per heavy atom. The Morgan fingerprint density at radius 1 is 1.20 bits per heavy atom. The van der Waals surface area contributed by atoms with E-state index in [-0.39, 0.29) is 35.7 Å². The number of ether oxygens (including phenoxy) is 1. The maximum Gasteiger partial charge on any atom is 0.293 e. The Bertz CT molecular complexity index is 1330. The first-order chi connectivity index (χ1) is 16.3. The minimum Gasteiger partial charge on any atom is -0.374 e. The molecule has 3 rings (SSSR count). The molecule has 0 radical (unpaired) electrons. The zero-order valence-electron chi connectivity index (χ0n) is 20.6. The van der Waals surface area contributed by atoms with E-state index in [1.807, 2.05) is 0 Å². The Kier molecular flexibility index (Phi) is 7.02. The molecule has 2 amide bonds. The quantitative estimate of drug-likeness (QED) is 0.287. The van der Waals surface area contributed by atoms with Crippen LogP contribution in [0.1, 0.15) is 37.7 Å². The largest absolute Gasteiger partial charge is 0.374 e. The van der Waals surface area contributed by atoms with E-state index in [1.165, 1.54) is 16.7 Å². The fraction of sp³-hybridized carbons (Fsp3) is 0.360. The average Bonchev–Trinajstić information content (AvgIpc) is 2.98. The molecule has 0 aliphatic carbocycles. The van der Waals surface area contributed by atoms with Crippen LogP contribution >= 0.6 is 0 Å². The molecule has 8 nitrogen and oxygen atoms in total. The van der Waals surface area contributed by atoms with Crippen molar-refractivity contribution in [1.29, 1.82) is 5.26 Å². The summed E-state index contributed by atoms with van der Waals surface area (Å²) in [4.78, 5) is 39.1. The molecule has 1 aromatic carbocycles. The highest BCUT2D eigenvalue weighted by molar-refractivity contribution is 6.83. The zero-order valence-corrected chi connectivity index (χ0v) is 21.6. The summed E-state index contributed by atoms with van der Waals surface area (Å²) in [7, 11) is -0.0979. The molecule has 2 aromatic rings. The monoisotopic (exact) mass is 494 g/mol. The molecule has 1 aliphatic heterocycles. The summed E-state index contributed by atoms with van der Waals surface area (Å²) in [6.45, 7) is 9.87. The van der Waals surface area contributed by atoms with Gasteiger partial charge in [-0.05, 0) is 37.6 Å². The lowest BCUT2D eigenvalue weighted by atomic mass is 9.97. The maximum atomic E-state index is 13.6. The molecule has 1 saturated heterocycles. The number of hydrogen-bond donors (Lipinski definition) is 2. The predicted octanol–water partition coefficient (Wildman–Crippen LogP) is 2.85. The highest BCUT2D eigenvalue weighted by Crippen LogP contribution is 2.24. The molecule has 1 aliphatic rings. The van der Waals surface area contributed by atoms with Crippen LogP contribution < -0.4 is 10.6 Å². The van der Waals surface area contributed by atoms with Crippen LogP contribution in [0.4, 0.5) is 10.1 Å². The smallest absolute Gasteiger partial charge is 0.293 e. The molecule has 35 heavy (non-hydrogen) atoms. The summed E-state index contributed by atoms with van der Waals surface area (Å²) in [5, 5.41) is 14.4. The Morgan fingerprint density at radius 2 is 1.86 bits per heavy atom. The summed E-state index contributed by atoms with van der Waals surface area (Å²) in [6.07, 6.45) is 0. The van der Waals surface area contributed by atoms with E-state index in [2.05, 4.69) is 41.7 Å². The first-order valence-corrected chi connectivity index (χ1v) is 14.4. The lowest BCUT2D eigenvalue weighted by molar-refractivity contribution is -0.124. The van der Waals surface area contributed by atoms with Gasteiger partial charge in [0.05, 0.1) is 24.3 Å². The number of halogens is 1. The number of benzene rings is 1. The fourth-order valence-corrected chi connectivity index (χ4v) is 4.30. The standard InChI is InChI=1S/C25H27FN4O4Si/c1-15-20(22(31)24(33)29-25(13-34-14-25)9-10-35(4,5)6)16(2)30(3)21(15)23(32)28-18-7-8-19(26)17(11-18)12-27/h7-8,11H,13-14H2,1-6H3,(H,28,32)(H,29,33). The van der Waals surface area contributed by atoms with Crippen molar-refractivity contribution in [3.8, 4) is 17.5 Å². The summed E-state index contributed by atoms with van der Waals surface area (Å²) in [5.41, 5.74) is 3.40. The number of ketones is 1. The molecule has 182 valence electrons. The number of hydrogen-bond acceptors (Lipinski definition) is 5. The van der Waals surface area contributed by atoms with Crippen molar-refractivity contribution in [2.24, 2.45) is 7.05 Å². The lowest BCUT2D eigenvalue weighted by Crippen LogP contribution is -2.62. The first-order valence-electron chi connectivity index (χ1n) is 10.9. The number of Topliss-reactive ketones (excluding diaryl/α,β-unsaturated/α-hetero) is 1. The van der Waals surface area contributed by atoms with E-state index in [9.17, 15) is 18.8 Å². The minimum atomic E-state index is -1.71. The molecule has 2 heterocycles. The molecular weight excluding hydrogens is 467 g/mol. The van der Waals surface area contributed by atoms with Gasteiger partial charge >= 0.3 is 0 Å². The topological polar surface area (TPSA) is 113 Å². The van der Waals surface area contributed by atoms with Crippen LogP contribution in [0.15, 0.2) is 18.2 Å². The summed E-state index contributed by atoms with van der Waals surface area (Å²) >= 11 is 0. The van der Waals surface area contributed by atoms with E-state index in [1.54, 1.807) is 27.0 Å². The van der Waals surface area contributed by atoms with Crippen LogP contribution in [0.3, 0.4) is 0 Å². The third-order valence-electron chi connectivity index (χ3n) is 5.65. The van der Waals surface area contributed by atoms with Gasteiger partial charge in [0.1, 0.15) is 31.2 Å². The Labute approximate surface area is 204 Å². The summed E-state index contributed by atoms with van der Waals surface area (Å²) < 4.78 is 20.4. The van der Waals surface area contributed by atoms with Crippen molar-refractivity contribution in [2.75, 3.05) is 18.5 Å². The van der Waals surface area contributed by atoms with Crippen molar-refractivity contribution in [1.82, 2.24) is 9.88 Å². The third-order valence-corrected chi connectivity index (χ3v) is 6.53. The molecule has 2 N–H and O–H groups in total. The van der Waals surface area contributed by atoms with Crippen molar-refractivity contribution < 1.29 is 23.5 Å². The fourth-order valence-electron chi connectivity index (χ4n) is 3.69. The lowest BCUT2D eigenvalue weighted by Gasteiger charge is -2.37. The van der Waals surface area contributed by atoms with Gasteiger partial charge in [-0.25, -0.2) is 4.39 Å². The van der Waals surface area contributed by atoms with Crippen LogP contribution in [0, 0.1) is 42.5 Å². The number of carbonyl (C=O) groups excluding carboxylic acids is 3. The molecule has 1 aromatic heterocycles. The molecule has 0 unspecified atom stereocenters. The van der Waals surface area contributed by atoms with Crippen LogP contribution in [0.25, 0.3) is 0 Å². The zero-order chi connectivity index (χ0) is 26.1. The average molecular weight is 495 g/mol. The number of nitrogens with zero attached hydrogens (tertiary/aromatic N) is 2. The molecule has 10 heteroatoms. The van der Waals surface area contributed by atoms with Gasteiger partial charge in [-0.2, -0.15) is 5.26 Å². The van der Waals surface area contributed by atoms with Gasteiger partial charge in [0, 0.05) is 18.4 Å². The molecule has 1 fully saturated rings. The molecule has 0 bridgehead atoms. The number of amides is 2. The Balaban J connectivity index is 1.87. The Hall–Kier alpha value is -3.73. The highest BCUT2D eigenvalue weighted by atomic mass is 28.3. The second-order valence-electron chi connectivity index (χ2n) is 9.61. The molecule has 0 saturated carbocycles. The van der Waals surface area contributed by atoms with Crippen LogP contribution in [-0.4, -0.2) is 49.0 Å². The van der Waals surface area contributed by atoms with E-state index < -0.39 is 37.0 Å². The number of nitriles is 1. The van der Waals surface area contributed by atoms with Gasteiger partial charge in [-0.3, -0.25) is 14.4 Å². The van der Waals surface area contributed by atoms with Gasteiger partial charge in [0.25, 0.3) is 17.6 Å². The van der Waals surface area contributed by atoms with Crippen molar-refractivity contribution in [2.45, 2.75) is 39.0 Å². The number of aromatic nitrogens is 1. The summed E-state index contributed by atoms with van der Waals surface area (Å²) in [5.74, 6) is 0.247. The van der Waals surface area contributed by atoms with Crippen molar-refractivity contribution in [3.05, 3.63) is 52.1 Å². The second-order valence-corrected chi connectivity index (χ2v) is 14.4. The van der Waals surface area contributed by atoms with E-state index in [4.69, 9.17) is 10.00 Å². The van der Waals surface area contributed by atoms with Gasteiger partial charge in [-0.15, -0.1) is 5.54 Å². The first kappa shape index (κ1) is 25.9. The van der Waals surface area contributed by atoms with Gasteiger partial charge in [0.2, 0.25) is 0 Å². The minimum absolute atomic E-state index is 0.125. The SMILES string of the molecule is Cc1c(C(=O)C(=O)NC2(C#C[Si](C)(C)C)COC2)c(C)n(C)c1C(=O)Nc1ccc(F)c(C#N)c1. The molecule has 0 spiro atoms. The van der Waals surface area contributed by atoms with Crippen molar-refractivity contribution in [3.63, 3.8) is 0 Å². The van der Waals surface area contributed by atoms with Gasteiger partial charge in [0.15, 0.2) is 0 Å². The van der Waals surface area contributed by atoms with Crippen LogP contribution in [0.2, 0.25) is 19.6 Å². The van der Waals surface area contributed by atoms with Gasteiger partial charge < -0.3 is 19.9 Å². The third kappa shape index (κ3) is 5.34. The van der Waals surface area contributed by atoms with Crippen LogP contribution in [-0.2, 0) is 16.6 Å². The molecular formula is C25H27FN4O4Si. The predicted molar refractivity (Wildman–Crippen MR) is 131 cm³/mol. The van der Waals surface area contributed by atoms with E-state index >= 15 is 0 Å².